The van der Waals surface area contributed by atoms with Gasteiger partial charge in [0.15, 0.2) is 0 Å². The SMILES string of the molecule is CCC(C)ON1CCOCC1. The zero-order chi connectivity index (χ0) is 8.10. The molecule has 0 radical (unpaired) electrons. The normalized spacial score (nSPS) is 23.5. The van der Waals surface area contributed by atoms with Gasteiger partial charge in [0.2, 0.25) is 0 Å². The van der Waals surface area contributed by atoms with Gasteiger partial charge in [-0.1, -0.05) is 6.92 Å². The number of nitrogens with zero attached hydrogens (tertiary/aromatic N) is 1. The number of rotatable bonds is 3. The number of hydrogen-bond acceptors (Lipinski definition) is 3. The predicted octanol–water partition coefficient (Wildman–Crippen LogP) is 1.05. The third-order valence-electron chi connectivity index (χ3n) is 1.87. The van der Waals surface area contributed by atoms with E-state index < -0.39 is 0 Å². The fraction of sp³-hybridized carbons (Fsp3) is 1.00. The van der Waals surface area contributed by atoms with E-state index in [-0.39, 0.29) is 0 Å². The highest BCUT2D eigenvalue weighted by molar-refractivity contribution is 4.53. The van der Waals surface area contributed by atoms with E-state index in [2.05, 4.69) is 13.8 Å². The number of ether oxygens (including phenoxy) is 1. The molecule has 1 aliphatic heterocycles. The van der Waals surface area contributed by atoms with Gasteiger partial charge in [0.25, 0.3) is 0 Å². The van der Waals surface area contributed by atoms with Gasteiger partial charge in [-0.05, 0) is 13.3 Å². The summed E-state index contributed by atoms with van der Waals surface area (Å²) in [4.78, 5) is 5.59. The Labute approximate surface area is 68.2 Å². The van der Waals surface area contributed by atoms with Crippen molar-refractivity contribution < 1.29 is 9.57 Å². The third-order valence-corrected chi connectivity index (χ3v) is 1.87. The highest BCUT2D eigenvalue weighted by atomic mass is 16.7. The lowest BCUT2D eigenvalue weighted by atomic mass is 10.3. The summed E-state index contributed by atoms with van der Waals surface area (Å²) in [5.74, 6) is 0. The van der Waals surface area contributed by atoms with Gasteiger partial charge in [-0.15, -0.1) is 0 Å². The van der Waals surface area contributed by atoms with Crippen molar-refractivity contribution in [3.05, 3.63) is 0 Å². The Bertz CT molecular complexity index is 102. The summed E-state index contributed by atoms with van der Waals surface area (Å²) in [5, 5.41) is 2.00. The largest absolute Gasteiger partial charge is 0.379 e. The van der Waals surface area contributed by atoms with Crippen molar-refractivity contribution in [1.29, 1.82) is 0 Å². The first-order valence-corrected chi connectivity index (χ1v) is 4.32. The van der Waals surface area contributed by atoms with Crippen LogP contribution in [0.15, 0.2) is 0 Å². The minimum Gasteiger partial charge on any atom is -0.379 e. The molecule has 0 aromatic carbocycles. The smallest absolute Gasteiger partial charge is 0.0762 e. The first kappa shape index (κ1) is 8.97. The molecule has 0 bridgehead atoms. The summed E-state index contributed by atoms with van der Waals surface area (Å²) < 4.78 is 5.19. The van der Waals surface area contributed by atoms with Crippen LogP contribution in [0.5, 0.6) is 0 Å². The molecule has 1 saturated heterocycles. The molecular formula is C8H17NO2. The van der Waals surface area contributed by atoms with Crippen LogP contribution < -0.4 is 0 Å². The lowest BCUT2D eigenvalue weighted by Crippen LogP contribution is -2.38. The Morgan fingerprint density at radius 1 is 1.45 bits per heavy atom. The number of morpholine rings is 1. The fourth-order valence-electron chi connectivity index (χ4n) is 0.981. The second kappa shape index (κ2) is 4.70. The van der Waals surface area contributed by atoms with Crippen LogP contribution in [0.1, 0.15) is 20.3 Å². The zero-order valence-corrected chi connectivity index (χ0v) is 7.38. The van der Waals surface area contributed by atoms with Gasteiger partial charge in [0, 0.05) is 13.1 Å². The van der Waals surface area contributed by atoms with Gasteiger partial charge in [0.05, 0.1) is 19.3 Å². The van der Waals surface area contributed by atoms with Crippen LogP contribution in [0.4, 0.5) is 0 Å². The maximum absolute atomic E-state index is 5.59. The lowest BCUT2D eigenvalue weighted by molar-refractivity contribution is -0.221. The van der Waals surface area contributed by atoms with Gasteiger partial charge in [0.1, 0.15) is 0 Å². The Hall–Kier alpha value is -0.120. The van der Waals surface area contributed by atoms with Gasteiger partial charge in [-0.25, -0.2) is 0 Å². The molecule has 0 spiro atoms. The third kappa shape index (κ3) is 3.18. The molecule has 0 N–H and O–H groups in total. The second-order valence-corrected chi connectivity index (χ2v) is 2.87. The average Bonchev–Trinajstić information content (AvgIpc) is 2.06. The predicted molar refractivity (Wildman–Crippen MR) is 43.2 cm³/mol. The molecule has 66 valence electrons. The van der Waals surface area contributed by atoms with Crippen molar-refractivity contribution in [3.8, 4) is 0 Å². The fourth-order valence-corrected chi connectivity index (χ4v) is 0.981. The molecule has 3 nitrogen and oxygen atoms in total. The van der Waals surface area contributed by atoms with Gasteiger partial charge < -0.3 is 4.74 Å². The van der Waals surface area contributed by atoms with Crippen LogP contribution in [0.3, 0.4) is 0 Å². The molecule has 0 saturated carbocycles. The lowest BCUT2D eigenvalue weighted by Gasteiger charge is -2.28. The van der Waals surface area contributed by atoms with Crippen LogP contribution >= 0.6 is 0 Å². The average molecular weight is 159 g/mol. The topological polar surface area (TPSA) is 21.7 Å². The van der Waals surface area contributed by atoms with Crippen LogP contribution in [-0.2, 0) is 9.57 Å². The monoisotopic (exact) mass is 159 g/mol. The highest BCUT2D eigenvalue weighted by Gasteiger charge is 2.12. The minimum absolute atomic E-state index is 0.341. The maximum atomic E-state index is 5.59. The summed E-state index contributed by atoms with van der Waals surface area (Å²) in [6, 6.07) is 0. The van der Waals surface area contributed by atoms with E-state index in [1.54, 1.807) is 0 Å². The van der Waals surface area contributed by atoms with Crippen LogP contribution in [-0.4, -0.2) is 37.5 Å². The standard InChI is InChI=1S/C8H17NO2/c1-3-8(2)11-9-4-6-10-7-5-9/h8H,3-7H2,1-2H3. The summed E-state index contributed by atoms with van der Waals surface area (Å²) in [6.45, 7) is 7.64. The molecule has 1 atom stereocenters. The van der Waals surface area contributed by atoms with Gasteiger partial charge >= 0.3 is 0 Å². The molecule has 1 heterocycles. The van der Waals surface area contributed by atoms with E-state index in [9.17, 15) is 0 Å². The summed E-state index contributed by atoms with van der Waals surface area (Å²) in [7, 11) is 0. The molecule has 1 fully saturated rings. The van der Waals surface area contributed by atoms with Gasteiger partial charge in [-0.3, -0.25) is 4.84 Å². The van der Waals surface area contributed by atoms with Crippen LogP contribution in [0.2, 0.25) is 0 Å². The van der Waals surface area contributed by atoms with Crippen LogP contribution in [0, 0.1) is 0 Å². The molecule has 1 unspecified atom stereocenters. The van der Waals surface area contributed by atoms with Crippen molar-refractivity contribution in [2.45, 2.75) is 26.4 Å². The minimum atomic E-state index is 0.341. The Balaban J connectivity index is 2.13. The Kier molecular flexibility index (Phi) is 3.83. The van der Waals surface area contributed by atoms with Gasteiger partial charge in [-0.2, -0.15) is 5.06 Å². The Morgan fingerprint density at radius 2 is 2.09 bits per heavy atom. The zero-order valence-electron chi connectivity index (χ0n) is 7.38. The van der Waals surface area contributed by atoms with E-state index in [0.717, 1.165) is 32.7 Å². The van der Waals surface area contributed by atoms with Crippen molar-refractivity contribution in [2.75, 3.05) is 26.3 Å². The molecule has 0 aromatic rings. The quantitative estimate of drug-likeness (QED) is 0.614. The van der Waals surface area contributed by atoms with Crippen molar-refractivity contribution in [3.63, 3.8) is 0 Å². The van der Waals surface area contributed by atoms with Crippen LogP contribution in [0.25, 0.3) is 0 Å². The molecule has 0 amide bonds. The van der Waals surface area contributed by atoms with E-state index >= 15 is 0 Å². The molecule has 11 heavy (non-hydrogen) atoms. The highest BCUT2D eigenvalue weighted by Crippen LogP contribution is 2.03. The summed E-state index contributed by atoms with van der Waals surface area (Å²) >= 11 is 0. The van der Waals surface area contributed by atoms with Crippen molar-refractivity contribution >= 4 is 0 Å². The van der Waals surface area contributed by atoms with E-state index in [0.29, 0.717) is 6.10 Å². The maximum Gasteiger partial charge on any atom is 0.0762 e. The molecular weight excluding hydrogens is 142 g/mol. The van der Waals surface area contributed by atoms with E-state index in [1.807, 2.05) is 5.06 Å². The molecule has 1 aliphatic rings. The summed E-state index contributed by atoms with van der Waals surface area (Å²) in [6.07, 6.45) is 1.41. The molecule has 3 heteroatoms. The van der Waals surface area contributed by atoms with Crippen molar-refractivity contribution in [1.82, 2.24) is 5.06 Å². The first-order valence-electron chi connectivity index (χ1n) is 4.32. The summed E-state index contributed by atoms with van der Waals surface area (Å²) in [5.41, 5.74) is 0. The molecule has 1 rings (SSSR count). The molecule has 0 aliphatic carbocycles. The Morgan fingerprint density at radius 3 is 2.64 bits per heavy atom. The second-order valence-electron chi connectivity index (χ2n) is 2.87. The van der Waals surface area contributed by atoms with E-state index in [4.69, 9.17) is 9.57 Å². The number of hydrogen-bond donors (Lipinski definition) is 0. The first-order chi connectivity index (χ1) is 5.33. The van der Waals surface area contributed by atoms with E-state index in [1.165, 1.54) is 0 Å². The number of hydroxylamine groups is 2. The van der Waals surface area contributed by atoms with Crippen molar-refractivity contribution in [2.24, 2.45) is 0 Å². The molecule has 0 aromatic heterocycles.